The van der Waals surface area contributed by atoms with Crippen molar-refractivity contribution in [2.24, 2.45) is 5.84 Å². The van der Waals surface area contributed by atoms with E-state index < -0.39 is 0 Å². The number of nitrogens with zero attached hydrogens (tertiary/aromatic N) is 1. The third-order valence-electron chi connectivity index (χ3n) is 3.56. The number of hydrazine groups is 1. The molecule has 1 atom stereocenters. The standard InChI is InChI=1S/C17H19N3S/c1-11-7-12(2)9-13(8-11)15(20-18)10-17-19-14-5-3-4-6-16(14)21-17/h3-9,15,20H,10,18H2,1-2H3. The number of nitrogens with two attached hydrogens (primary N) is 1. The zero-order chi connectivity index (χ0) is 14.8. The van der Waals surface area contributed by atoms with Crippen LogP contribution in [0.4, 0.5) is 0 Å². The number of rotatable bonds is 4. The monoisotopic (exact) mass is 297 g/mol. The molecule has 1 aromatic heterocycles. The van der Waals surface area contributed by atoms with Crippen molar-refractivity contribution in [3.05, 3.63) is 64.2 Å². The van der Waals surface area contributed by atoms with Crippen LogP contribution in [0.5, 0.6) is 0 Å². The van der Waals surface area contributed by atoms with Crippen molar-refractivity contribution in [2.75, 3.05) is 0 Å². The Bertz CT molecular complexity index is 710. The number of nitrogens with one attached hydrogen (secondary N) is 1. The fourth-order valence-corrected chi connectivity index (χ4v) is 3.68. The highest BCUT2D eigenvalue weighted by Crippen LogP contribution is 2.26. The van der Waals surface area contributed by atoms with Gasteiger partial charge in [-0.2, -0.15) is 0 Å². The summed E-state index contributed by atoms with van der Waals surface area (Å²) >= 11 is 1.74. The summed E-state index contributed by atoms with van der Waals surface area (Å²) in [6.07, 6.45) is 0.804. The number of fused-ring (bicyclic) bond motifs is 1. The number of aryl methyl sites for hydroxylation is 2. The Balaban J connectivity index is 1.89. The molecule has 3 aromatic rings. The summed E-state index contributed by atoms with van der Waals surface area (Å²) < 4.78 is 1.23. The first kappa shape index (κ1) is 14.2. The summed E-state index contributed by atoms with van der Waals surface area (Å²) in [7, 11) is 0. The molecule has 0 saturated heterocycles. The van der Waals surface area contributed by atoms with Crippen LogP contribution in [0.15, 0.2) is 42.5 Å². The maximum atomic E-state index is 5.77. The van der Waals surface area contributed by atoms with Gasteiger partial charge in [-0.3, -0.25) is 11.3 Å². The third kappa shape index (κ3) is 3.13. The Morgan fingerprint density at radius 3 is 2.52 bits per heavy atom. The highest BCUT2D eigenvalue weighted by molar-refractivity contribution is 7.18. The molecule has 1 heterocycles. The van der Waals surface area contributed by atoms with E-state index in [1.807, 2.05) is 12.1 Å². The molecule has 2 aromatic carbocycles. The highest BCUT2D eigenvalue weighted by Gasteiger charge is 2.14. The van der Waals surface area contributed by atoms with Crippen LogP contribution in [0.3, 0.4) is 0 Å². The lowest BCUT2D eigenvalue weighted by Gasteiger charge is -2.16. The Morgan fingerprint density at radius 1 is 1.14 bits per heavy atom. The first-order valence-corrected chi connectivity index (χ1v) is 7.86. The van der Waals surface area contributed by atoms with Crippen molar-refractivity contribution in [1.29, 1.82) is 0 Å². The minimum Gasteiger partial charge on any atom is -0.271 e. The van der Waals surface area contributed by atoms with E-state index in [1.165, 1.54) is 21.4 Å². The summed E-state index contributed by atoms with van der Waals surface area (Å²) in [6, 6.07) is 14.9. The van der Waals surface area contributed by atoms with Gasteiger partial charge < -0.3 is 0 Å². The van der Waals surface area contributed by atoms with E-state index in [2.05, 4.69) is 49.6 Å². The number of hydrogen-bond donors (Lipinski definition) is 2. The van der Waals surface area contributed by atoms with Gasteiger partial charge in [-0.05, 0) is 31.5 Å². The van der Waals surface area contributed by atoms with Crippen molar-refractivity contribution in [1.82, 2.24) is 10.4 Å². The van der Waals surface area contributed by atoms with E-state index in [9.17, 15) is 0 Å². The Kier molecular flexibility index (Phi) is 4.01. The molecule has 3 N–H and O–H groups in total. The molecule has 21 heavy (non-hydrogen) atoms. The van der Waals surface area contributed by atoms with Gasteiger partial charge in [0.15, 0.2) is 0 Å². The number of aromatic nitrogens is 1. The van der Waals surface area contributed by atoms with Gasteiger partial charge in [0.25, 0.3) is 0 Å². The van der Waals surface area contributed by atoms with E-state index >= 15 is 0 Å². The van der Waals surface area contributed by atoms with Crippen LogP contribution in [-0.4, -0.2) is 4.98 Å². The summed E-state index contributed by atoms with van der Waals surface area (Å²) in [5.41, 5.74) is 7.73. The molecule has 3 nitrogen and oxygen atoms in total. The molecule has 0 fully saturated rings. The van der Waals surface area contributed by atoms with Gasteiger partial charge in [0.2, 0.25) is 0 Å². The topological polar surface area (TPSA) is 50.9 Å². The Labute approximate surface area is 128 Å². The molecule has 0 bridgehead atoms. The lowest BCUT2D eigenvalue weighted by Crippen LogP contribution is -2.29. The predicted octanol–water partition coefficient (Wildman–Crippen LogP) is 3.66. The zero-order valence-electron chi connectivity index (χ0n) is 12.3. The maximum Gasteiger partial charge on any atom is 0.0958 e. The van der Waals surface area contributed by atoms with Gasteiger partial charge in [-0.1, -0.05) is 41.5 Å². The van der Waals surface area contributed by atoms with Crippen LogP contribution in [0, 0.1) is 13.8 Å². The van der Waals surface area contributed by atoms with Crippen LogP contribution in [-0.2, 0) is 6.42 Å². The van der Waals surface area contributed by atoms with Crippen LogP contribution < -0.4 is 11.3 Å². The maximum absolute atomic E-state index is 5.77. The summed E-state index contributed by atoms with van der Waals surface area (Å²) in [6.45, 7) is 4.23. The molecule has 0 aliphatic heterocycles. The van der Waals surface area contributed by atoms with E-state index in [-0.39, 0.29) is 6.04 Å². The second-order valence-corrected chi connectivity index (χ2v) is 6.53. The molecule has 0 radical (unpaired) electrons. The van der Waals surface area contributed by atoms with Crippen molar-refractivity contribution < 1.29 is 0 Å². The van der Waals surface area contributed by atoms with Gasteiger partial charge in [-0.25, -0.2) is 4.98 Å². The molecular weight excluding hydrogens is 278 g/mol. The van der Waals surface area contributed by atoms with Crippen LogP contribution in [0.1, 0.15) is 27.7 Å². The SMILES string of the molecule is Cc1cc(C)cc(C(Cc2nc3ccccc3s2)NN)c1. The third-order valence-corrected chi connectivity index (χ3v) is 4.62. The van der Waals surface area contributed by atoms with Gasteiger partial charge in [0.05, 0.1) is 21.3 Å². The largest absolute Gasteiger partial charge is 0.271 e. The van der Waals surface area contributed by atoms with Crippen molar-refractivity contribution in [2.45, 2.75) is 26.3 Å². The average Bonchev–Trinajstić information content (AvgIpc) is 2.86. The van der Waals surface area contributed by atoms with E-state index in [0.29, 0.717) is 0 Å². The number of thiazole rings is 1. The van der Waals surface area contributed by atoms with E-state index in [4.69, 9.17) is 10.8 Å². The second-order valence-electron chi connectivity index (χ2n) is 5.42. The van der Waals surface area contributed by atoms with Crippen LogP contribution >= 0.6 is 11.3 Å². The van der Waals surface area contributed by atoms with Gasteiger partial charge in [0.1, 0.15) is 0 Å². The first-order valence-electron chi connectivity index (χ1n) is 7.04. The normalized spacial score (nSPS) is 12.7. The summed E-state index contributed by atoms with van der Waals surface area (Å²) in [4.78, 5) is 4.69. The fraction of sp³-hybridized carbons (Fsp3) is 0.235. The lowest BCUT2D eigenvalue weighted by atomic mass is 10.00. The zero-order valence-corrected chi connectivity index (χ0v) is 13.1. The molecule has 0 amide bonds. The van der Waals surface area contributed by atoms with Gasteiger partial charge in [0, 0.05) is 6.42 Å². The van der Waals surface area contributed by atoms with Crippen molar-refractivity contribution in [3.8, 4) is 0 Å². The molecule has 0 aliphatic carbocycles. The van der Waals surface area contributed by atoms with Gasteiger partial charge >= 0.3 is 0 Å². The number of para-hydroxylation sites is 1. The van der Waals surface area contributed by atoms with Crippen LogP contribution in [0.2, 0.25) is 0 Å². The molecule has 3 rings (SSSR count). The van der Waals surface area contributed by atoms with E-state index in [1.54, 1.807) is 11.3 Å². The highest BCUT2D eigenvalue weighted by atomic mass is 32.1. The lowest BCUT2D eigenvalue weighted by molar-refractivity contribution is 0.550. The molecule has 0 aliphatic rings. The molecule has 108 valence electrons. The summed E-state index contributed by atoms with van der Waals surface area (Å²) in [5.74, 6) is 5.77. The van der Waals surface area contributed by atoms with Crippen molar-refractivity contribution in [3.63, 3.8) is 0 Å². The van der Waals surface area contributed by atoms with Crippen molar-refractivity contribution >= 4 is 21.6 Å². The molecule has 0 saturated carbocycles. The smallest absolute Gasteiger partial charge is 0.0958 e. The quantitative estimate of drug-likeness (QED) is 0.571. The minimum absolute atomic E-state index is 0.0872. The first-order chi connectivity index (χ1) is 10.2. The van der Waals surface area contributed by atoms with Crippen LogP contribution in [0.25, 0.3) is 10.2 Å². The van der Waals surface area contributed by atoms with Gasteiger partial charge in [-0.15, -0.1) is 11.3 Å². The predicted molar refractivity (Wildman–Crippen MR) is 89.3 cm³/mol. The molecule has 0 spiro atoms. The molecular formula is C17H19N3S. The molecule has 1 unspecified atom stereocenters. The Morgan fingerprint density at radius 2 is 1.86 bits per heavy atom. The minimum atomic E-state index is 0.0872. The Hall–Kier alpha value is -1.75. The average molecular weight is 297 g/mol. The fourth-order valence-electron chi connectivity index (χ4n) is 2.67. The molecule has 4 heteroatoms. The summed E-state index contributed by atoms with van der Waals surface area (Å²) in [5, 5.41) is 1.11. The second kappa shape index (κ2) is 5.93. The van der Waals surface area contributed by atoms with E-state index in [0.717, 1.165) is 16.9 Å². The number of benzene rings is 2. The number of hydrogen-bond acceptors (Lipinski definition) is 4.